The summed E-state index contributed by atoms with van der Waals surface area (Å²) >= 11 is 0. The van der Waals surface area contributed by atoms with E-state index in [0.29, 0.717) is 29.1 Å². The van der Waals surface area contributed by atoms with Gasteiger partial charge in [0, 0.05) is 0 Å². The normalized spacial score (nSPS) is 60.5. The van der Waals surface area contributed by atoms with E-state index in [9.17, 15) is 10.2 Å². The fourth-order valence-electron chi connectivity index (χ4n) is 9.55. The lowest BCUT2D eigenvalue weighted by Crippen LogP contribution is -2.67. The van der Waals surface area contributed by atoms with E-state index in [0.717, 1.165) is 19.3 Å². The highest BCUT2D eigenvalue weighted by Gasteiger charge is 2.70. The molecule has 1 unspecified atom stereocenters. The maximum atomic E-state index is 11.1. The maximum Gasteiger partial charge on any atom is 0.0594 e. The van der Waals surface area contributed by atoms with Gasteiger partial charge < -0.3 is 10.2 Å². The van der Waals surface area contributed by atoms with Gasteiger partial charge in [-0.05, 0) is 83.9 Å². The molecule has 0 aromatic heterocycles. The van der Waals surface area contributed by atoms with Crippen LogP contribution in [0.2, 0.25) is 0 Å². The van der Waals surface area contributed by atoms with Gasteiger partial charge in [-0.3, -0.25) is 0 Å². The monoisotopic (exact) mass is 348 g/mol. The molecule has 0 amide bonds. The lowest BCUT2D eigenvalue weighted by atomic mass is 9.33. The summed E-state index contributed by atoms with van der Waals surface area (Å²) in [6.07, 6.45) is 7.82. The van der Waals surface area contributed by atoms with Gasteiger partial charge in [0.15, 0.2) is 0 Å². The molecule has 4 rings (SSSR count). The van der Waals surface area contributed by atoms with Crippen LogP contribution in [0.25, 0.3) is 0 Å². The average Bonchev–Trinajstić information content (AvgIpc) is 2.91. The van der Waals surface area contributed by atoms with Crippen LogP contribution in [0.4, 0.5) is 0 Å². The lowest BCUT2D eigenvalue weighted by molar-refractivity contribution is -0.254. The minimum Gasteiger partial charge on any atom is -0.393 e. The van der Waals surface area contributed by atoms with E-state index >= 15 is 0 Å². The number of aliphatic hydroxyl groups is 2. The first-order chi connectivity index (χ1) is 11.5. The number of rotatable bonds is 0. The van der Waals surface area contributed by atoms with Crippen molar-refractivity contribution in [2.45, 2.75) is 98.7 Å². The zero-order valence-corrected chi connectivity index (χ0v) is 17.3. The van der Waals surface area contributed by atoms with Crippen LogP contribution in [0.15, 0.2) is 0 Å². The second kappa shape index (κ2) is 5.25. The second-order valence-corrected chi connectivity index (χ2v) is 11.7. The molecule has 9 atom stereocenters. The van der Waals surface area contributed by atoms with E-state index in [2.05, 4.69) is 41.5 Å². The van der Waals surface area contributed by atoms with E-state index in [1.54, 1.807) is 0 Å². The van der Waals surface area contributed by atoms with Crippen LogP contribution in [-0.4, -0.2) is 22.4 Å². The van der Waals surface area contributed by atoms with Crippen LogP contribution in [-0.2, 0) is 0 Å². The van der Waals surface area contributed by atoms with Gasteiger partial charge in [0.05, 0.1) is 12.2 Å². The molecular formula is C23H40O2. The Hall–Kier alpha value is -0.0800. The second-order valence-electron chi connectivity index (χ2n) is 11.7. The van der Waals surface area contributed by atoms with Gasteiger partial charge >= 0.3 is 0 Å². The first-order valence-corrected chi connectivity index (χ1v) is 10.8. The molecule has 0 aromatic rings. The van der Waals surface area contributed by atoms with Crippen molar-refractivity contribution in [2.24, 2.45) is 45.3 Å². The lowest BCUT2D eigenvalue weighted by Gasteiger charge is -2.71. The SMILES string of the molecule is CC1C[C@]2(C)[C@H](C[C@@H](O)[C@@H]3CCC[C@]32C)[C@@]2(C)CC[C@H](O)C(C)(C)[C@H]12. The fourth-order valence-corrected chi connectivity index (χ4v) is 9.55. The minimum atomic E-state index is -0.180. The van der Waals surface area contributed by atoms with E-state index < -0.39 is 0 Å². The van der Waals surface area contributed by atoms with Crippen molar-refractivity contribution in [3.05, 3.63) is 0 Å². The molecule has 0 aromatic carbocycles. The molecule has 0 spiro atoms. The third-order valence-corrected chi connectivity index (χ3v) is 10.5. The summed E-state index contributed by atoms with van der Waals surface area (Å²) in [5.41, 5.74) is 0.840. The van der Waals surface area contributed by atoms with Crippen molar-refractivity contribution >= 4 is 0 Å². The van der Waals surface area contributed by atoms with Crippen molar-refractivity contribution < 1.29 is 10.2 Å². The van der Waals surface area contributed by atoms with Crippen molar-refractivity contribution in [3.63, 3.8) is 0 Å². The summed E-state index contributed by atoms with van der Waals surface area (Å²) in [4.78, 5) is 0. The van der Waals surface area contributed by atoms with E-state index in [1.165, 1.54) is 25.7 Å². The summed E-state index contributed by atoms with van der Waals surface area (Å²) in [5.74, 6) is 2.28. The summed E-state index contributed by atoms with van der Waals surface area (Å²) in [7, 11) is 0. The zero-order valence-electron chi connectivity index (χ0n) is 17.3. The van der Waals surface area contributed by atoms with Gasteiger partial charge in [-0.2, -0.15) is 0 Å². The van der Waals surface area contributed by atoms with E-state index in [-0.39, 0.29) is 28.5 Å². The minimum absolute atomic E-state index is 0.0217. The first-order valence-electron chi connectivity index (χ1n) is 10.8. The average molecular weight is 349 g/mol. The van der Waals surface area contributed by atoms with E-state index in [4.69, 9.17) is 0 Å². The van der Waals surface area contributed by atoms with Crippen molar-refractivity contribution in [2.75, 3.05) is 0 Å². The summed E-state index contributed by atoms with van der Waals surface area (Å²) < 4.78 is 0. The first kappa shape index (κ1) is 18.3. The Bertz CT molecular complexity index is 556. The summed E-state index contributed by atoms with van der Waals surface area (Å²) in [5, 5.41) is 21.9. The Morgan fingerprint density at radius 2 is 1.56 bits per heavy atom. The van der Waals surface area contributed by atoms with Crippen molar-refractivity contribution in [3.8, 4) is 0 Å². The molecule has 0 radical (unpaired) electrons. The predicted molar refractivity (Wildman–Crippen MR) is 102 cm³/mol. The van der Waals surface area contributed by atoms with Crippen LogP contribution in [0.5, 0.6) is 0 Å². The van der Waals surface area contributed by atoms with Crippen LogP contribution in [0.1, 0.15) is 86.5 Å². The Labute approximate surface area is 154 Å². The number of hydrogen-bond acceptors (Lipinski definition) is 2. The third-order valence-electron chi connectivity index (χ3n) is 10.5. The molecule has 4 saturated carbocycles. The number of fused-ring (bicyclic) bond motifs is 5. The van der Waals surface area contributed by atoms with Gasteiger partial charge in [-0.1, -0.05) is 48.0 Å². The van der Waals surface area contributed by atoms with Crippen molar-refractivity contribution in [1.29, 1.82) is 0 Å². The van der Waals surface area contributed by atoms with Crippen molar-refractivity contribution in [1.82, 2.24) is 0 Å². The molecule has 0 saturated heterocycles. The zero-order chi connectivity index (χ0) is 18.4. The molecule has 4 aliphatic carbocycles. The Morgan fingerprint density at radius 3 is 2.24 bits per heavy atom. The quantitative estimate of drug-likeness (QED) is 0.645. The Morgan fingerprint density at radius 1 is 0.880 bits per heavy atom. The van der Waals surface area contributed by atoms with Gasteiger partial charge in [-0.15, -0.1) is 0 Å². The summed E-state index contributed by atoms with van der Waals surface area (Å²) in [6, 6.07) is 0. The molecular weight excluding hydrogens is 308 g/mol. The molecule has 0 aliphatic heterocycles. The molecule has 4 fully saturated rings. The van der Waals surface area contributed by atoms with Gasteiger partial charge in [0.25, 0.3) is 0 Å². The predicted octanol–water partition coefficient (Wildman–Crippen LogP) is 5.02. The smallest absolute Gasteiger partial charge is 0.0594 e. The molecule has 2 heteroatoms. The third kappa shape index (κ3) is 2.05. The summed E-state index contributed by atoms with van der Waals surface area (Å²) in [6.45, 7) is 14.7. The highest BCUT2D eigenvalue weighted by atomic mass is 16.3. The topological polar surface area (TPSA) is 40.5 Å². The molecule has 0 bridgehead atoms. The molecule has 0 heterocycles. The van der Waals surface area contributed by atoms with Crippen LogP contribution < -0.4 is 0 Å². The van der Waals surface area contributed by atoms with E-state index in [1.807, 2.05) is 0 Å². The molecule has 2 nitrogen and oxygen atoms in total. The molecule has 25 heavy (non-hydrogen) atoms. The molecule has 144 valence electrons. The maximum absolute atomic E-state index is 11.1. The van der Waals surface area contributed by atoms with Crippen LogP contribution in [0, 0.1) is 45.3 Å². The van der Waals surface area contributed by atoms with Gasteiger partial charge in [0.2, 0.25) is 0 Å². The van der Waals surface area contributed by atoms with Crippen LogP contribution >= 0.6 is 0 Å². The van der Waals surface area contributed by atoms with Gasteiger partial charge in [0.1, 0.15) is 0 Å². The van der Waals surface area contributed by atoms with Crippen LogP contribution in [0.3, 0.4) is 0 Å². The highest BCUT2D eigenvalue weighted by molar-refractivity contribution is 5.18. The highest BCUT2D eigenvalue weighted by Crippen LogP contribution is 2.75. The molecule has 4 aliphatic rings. The Kier molecular flexibility index (Phi) is 3.84. The molecule has 2 N–H and O–H groups in total. The van der Waals surface area contributed by atoms with Gasteiger partial charge in [-0.25, -0.2) is 0 Å². The standard InChI is InChI=1S/C23H40O2/c1-14-13-23(6)17(12-16(24)15-8-7-10-22(15,23)5)21(4)11-9-18(25)20(2,3)19(14)21/h14-19,24-25H,7-13H2,1-6H3/t14?,15-,16+,17+,18-,19-,21+,22+,23+/m0/s1. The number of hydrogen-bond donors (Lipinski definition) is 2. The number of aliphatic hydroxyl groups excluding tert-OH is 2. The Balaban J connectivity index is 1.83. The largest absolute Gasteiger partial charge is 0.393 e. The fraction of sp³-hybridized carbons (Fsp3) is 1.00.